The smallest absolute Gasteiger partial charge is 0.162 e. The van der Waals surface area contributed by atoms with E-state index in [0.29, 0.717) is 0 Å². The lowest BCUT2D eigenvalue weighted by atomic mass is 10.0. The molecule has 1 aliphatic rings. The molecule has 1 N–H and O–H groups in total. The zero-order valence-corrected chi connectivity index (χ0v) is 21.4. The summed E-state index contributed by atoms with van der Waals surface area (Å²) in [6.07, 6.45) is 9.99. The minimum atomic E-state index is 0.825. The largest absolute Gasteiger partial charge is 0.314 e. The lowest BCUT2D eigenvalue weighted by molar-refractivity contribution is 0.238. The van der Waals surface area contributed by atoms with Crippen LogP contribution in [0.1, 0.15) is 17.7 Å². The van der Waals surface area contributed by atoms with Crippen molar-refractivity contribution < 1.29 is 0 Å². The van der Waals surface area contributed by atoms with Crippen molar-refractivity contribution in [3.63, 3.8) is 0 Å². The standard InChI is InChI=1S/C28H29N7.C2H4/c1-20-7-9-24-23(5-2-6-27(24)33-20)25-18-32-35-19-22(17-31-28(25)35)26-10-8-21(16-30-26)4-3-13-34-14-11-29-12-15-34;1-2/h2,5-10,16-19,29H,3-4,11-15H2,1H3;1-2H2. The van der Waals surface area contributed by atoms with Crippen molar-refractivity contribution in [2.45, 2.75) is 19.8 Å². The molecule has 1 aliphatic heterocycles. The molecule has 1 aromatic carbocycles. The molecule has 0 aliphatic carbocycles. The molecule has 7 heteroatoms. The Morgan fingerprint density at radius 3 is 2.59 bits per heavy atom. The molecule has 0 atom stereocenters. The molecule has 4 aromatic heterocycles. The molecule has 188 valence electrons. The molecule has 7 nitrogen and oxygen atoms in total. The number of pyridine rings is 2. The highest BCUT2D eigenvalue weighted by atomic mass is 15.2. The predicted molar refractivity (Wildman–Crippen MR) is 151 cm³/mol. The quantitative estimate of drug-likeness (QED) is 0.339. The van der Waals surface area contributed by atoms with E-state index in [1.807, 2.05) is 54.4 Å². The van der Waals surface area contributed by atoms with Gasteiger partial charge in [-0.15, -0.1) is 13.2 Å². The van der Waals surface area contributed by atoms with Crippen molar-refractivity contribution in [3.05, 3.63) is 91.7 Å². The van der Waals surface area contributed by atoms with E-state index in [2.05, 4.69) is 57.7 Å². The molecule has 1 saturated heterocycles. The van der Waals surface area contributed by atoms with E-state index in [1.165, 1.54) is 5.56 Å². The fourth-order valence-electron chi connectivity index (χ4n) is 4.87. The predicted octanol–water partition coefficient (Wildman–Crippen LogP) is 4.95. The summed E-state index contributed by atoms with van der Waals surface area (Å²) in [4.78, 5) is 16.7. The molecule has 5 aromatic rings. The van der Waals surface area contributed by atoms with Crippen LogP contribution in [0, 0.1) is 6.92 Å². The molecule has 0 unspecified atom stereocenters. The molecule has 0 radical (unpaired) electrons. The molecule has 0 amide bonds. The number of hydrogen-bond donors (Lipinski definition) is 1. The Kier molecular flexibility index (Phi) is 7.63. The Morgan fingerprint density at radius 2 is 1.78 bits per heavy atom. The Balaban J connectivity index is 0.00000137. The Hall–Kier alpha value is -3.94. The summed E-state index contributed by atoms with van der Waals surface area (Å²) < 4.78 is 1.84. The van der Waals surface area contributed by atoms with Gasteiger partial charge in [-0.05, 0) is 55.6 Å². The van der Waals surface area contributed by atoms with E-state index < -0.39 is 0 Å². The molecule has 0 saturated carbocycles. The highest BCUT2D eigenvalue weighted by molar-refractivity contribution is 5.98. The molecule has 37 heavy (non-hydrogen) atoms. The first-order chi connectivity index (χ1) is 18.2. The average molecular weight is 492 g/mol. The summed E-state index contributed by atoms with van der Waals surface area (Å²) in [5.74, 6) is 0. The fraction of sp³-hybridized carbons (Fsp3) is 0.267. The number of aryl methyl sites for hydroxylation is 2. The number of nitrogens with zero attached hydrogens (tertiary/aromatic N) is 6. The zero-order valence-electron chi connectivity index (χ0n) is 21.4. The number of nitrogens with one attached hydrogen (secondary N) is 1. The van der Waals surface area contributed by atoms with Crippen LogP contribution < -0.4 is 5.32 Å². The van der Waals surface area contributed by atoms with Crippen molar-refractivity contribution in [2.75, 3.05) is 32.7 Å². The molecule has 1 fully saturated rings. The Labute approximate surface area is 217 Å². The van der Waals surface area contributed by atoms with Crippen LogP contribution in [0.5, 0.6) is 0 Å². The van der Waals surface area contributed by atoms with Crippen LogP contribution in [0.15, 0.2) is 80.4 Å². The van der Waals surface area contributed by atoms with Crippen LogP contribution in [-0.2, 0) is 6.42 Å². The molecule has 6 rings (SSSR count). The van der Waals surface area contributed by atoms with E-state index >= 15 is 0 Å². The van der Waals surface area contributed by atoms with Gasteiger partial charge in [0, 0.05) is 67.0 Å². The molecule has 5 heterocycles. The number of fused-ring (bicyclic) bond motifs is 2. The van der Waals surface area contributed by atoms with Gasteiger partial charge in [-0.3, -0.25) is 9.97 Å². The van der Waals surface area contributed by atoms with Gasteiger partial charge in [0.2, 0.25) is 0 Å². The van der Waals surface area contributed by atoms with E-state index in [4.69, 9.17) is 9.97 Å². The number of hydrogen-bond acceptors (Lipinski definition) is 6. The minimum absolute atomic E-state index is 0.825. The highest BCUT2D eigenvalue weighted by Gasteiger charge is 2.13. The maximum absolute atomic E-state index is 4.77. The van der Waals surface area contributed by atoms with Crippen LogP contribution in [0.2, 0.25) is 0 Å². The Bertz CT molecular complexity index is 1480. The van der Waals surface area contributed by atoms with Gasteiger partial charge in [-0.1, -0.05) is 24.3 Å². The topological polar surface area (TPSA) is 71.2 Å². The van der Waals surface area contributed by atoms with Crippen molar-refractivity contribution in [1.82, 2.24) is 34.8 Å². The summed E-state index contributed by atoms with van der Waals surface area (Å²) in [5, 5.41) is 9.12. The van der Waals surface area contributed by atoms with Crippen molar-refractivity contribution in [1.29, 1.82) is 0 Å². The van der Waals surface area contributed by atoms with Crippen LogP contribution in [0.25, 0.3) is 38.9 Å². The summed E-state index contributed by atoms with van der Waals surface area (Å²) in [5.41, 5.74) is 8.05. The SMILES string of the molecule is C=C.Cc1ccc2c(-c3cnn4cc(-c5ccc(CCCN6CCNCC6)cn5)cnc34)cccc2n1. The van der Waals surface area contributed by atoms with E-state index in [9.17, 15) is 0 Å². The first kappa shape index (κ1) is 24.7. The monoisotopic (exact) mass is 491 g/mol. The minimum Gasteiger partial charge on any atom is -0.314 e. The summed E-state index contributed by atoms with van der Waals surface area (Å²) in [7, 11) is 0. The first-order valence-electron chi connectivity index (χ1n) is 12.8. The van der Waals surface area contributed by atoms with Crippen LogP contribution >= 0.6 is 0 Å². The van der Waals surface area contributed by atoms with Gasteiger partial charge < -0.3 is 10.2 Å². The Morgan fingerprint density at radius 1 is 0.919 bits per heavy atom. The number of piperazine rings is 1. The van der Waals surface area contributed by atoms with Gasteiger partial charge in [-0.2, -0.15) is 5.10 Å². The van der Waals surface area contributed by atoms with E-state index in [1.54, 1.807) is 0 Å². The van der Waals surface area contributed by atoms with Crippen molar-refractivity contribution in [3.8, 4) is 22.4 Å². The summed E-state index contributed by atoms with van der Waals surface area (Å²) in [6.45, 7) is 13.7. The highest BCUT2D eigenvalue weighted by Crippen LogP contribution is 2.31. The van der Waals surface area contributed by atoms with E-state index in [-0.39, 0.29) is 0 Å². The second-order valence-electron chi connectivity index (χ2n) is 9.24. The second-order valence-corrected chi connectivity index (χ2v) is 9.24. The van der Waals surface area contributed by atoms with Gasteiger partial charge in [-0.25, -0.2) is 9.50 Å². The van der Waals surface area contributed by atoms with Gasteiger partial charge in [0.25, 0.3) is 0 Å². The van der Waals surface area contributed by atoms with Gasteiger partial charge in [0.05, 0.1) is 17.4 Å². The maximum Gasteiger partial charge on any atom is 0.162 e. The van der Waals surface area contributed by atoms with E-state index in [0.717, 1.165) is 90.2 Å². The maximum atomic E-state index is 4.77. The lowest BCUT2D eigenvalue weighted by Crippen LogP contribution is -2.43. The zero-order chi connectivity index (χ0) is 25.6. The summed E-state index contributed by atoms with van der Waals surface area (Å²) >= 11 is 0. The van der Waals surface area contributed by atoms with Gasteiger partial charge >= 0.3 is 0 Å². The third-order valence-electron chi connectivity index (χ3n) is 6.79. The lowest BCUT2D eigenvalue weighted by Gasteiger charge is -2.27. The number of aromatic nitrogens is 5. The third-order valence-corrected chi connectivity index (χ3v) is 6.79. The fourth-order valence-corrected chi connectivity index (χ4v) is 4.87. The molecule has 0 bridgehead atoms. The van der Waals surface area contributed by atoms with Crippen LogP contribution in [0.3, 0.4) is 0 Å². The molecular formula is C30H33N7. The summed E-state index contributed by atoms with van der Waals surface area (Å²) in [6, 6.07) is 14.6. The average Bonchev–Trinajstić information content (AvgIpc) is 3.38. The molecule has 0 spiro atoms. The van der Waals surface area contributed by atoms with Crippen LogP contribution in [-0.4, -0.2) is 62.2 Å². The van der Waals surface area contributed by atoms with Crippen molar-refractivity contribution in [2.24, 2.45) is 0 Å². The first-order valence-corrected chi connectivity index (χ1v) is 12.8. The van der Waals surface area contributed by atoms with Crippen molar-refractivity contribution >= 4 is 16.6 Å². The molecular weight excluding hydrogens is 458 g/mol. The van der Waals surface area contributed by atoms with Gasteiger partial charge in [0.1, 0.15) is 0 Å². The third kappa shape index (κ3) is 5.43. The van der Waals surface area contributed by atoms with Gasteiger partial charge in [0.15, 0.2) is 5.65 Å². The number of rotatable bonds is 6. The second kappa shape index (κ2) is 11.4. The normalized spacial score (nSPS) is 14.0. The number of benzene rings is 1. The van der Waals surface area contributed by atoms with Crippen LogP contribution in [0.4, 0.5) is 0 Å².